The van der Waals surface area contributed by atoms with Crippen molar-refractivity contribution in [3.63, 3.8) is 0 Å². The van der Waals surface area contributed by atoms with E-state index in [1.54, 1.807) is 26.5 Å². The number of nitrogens with one attached hydrogen (secondary N) is 1. The lowest BCUT2D eigenvalue weighted by molar-refractivity contribution is 0.113. The Morgan fingerprint density at radius 2 is 1.88 bits per heavy atom. The number of methoxy groups -OCH3 is 2. The predicted molar refractivity (Wildman–Crippen MR) is 131 cm³/mol. The molecule has 1 aliphatic carbocycles. The molecule has 180 valence electrons. The molecule has 1 aromatic heterocycles. The Balaban J connectivity index is 1.54. The molecule has 0 aliphatic heterocycles. The minimum Gasteiger partial charge on any atom is -0.503 e. The molecule has 4 rings (SSSR count). The van der Waals surface area contributed by atoms with Crippen LogP contribution in [0.3, 0.4) is 0 Å². The molecule has 0 radical (unpaired) electrons. The normalized spacial score (nSPS) is 18.1. The summed E-state index contributed by atoms with van der Waals surface area (Å²) in [5.41, 5.74) is 1.32. The summed E-state index contributed by atoms with van der Waals surface area (Å²) < 4.78 is 30.6. The number of anilines is 2. The molecule has 7 nitrogen and oxygen atoms in total. The molecule has 1 fully saturated rings. The van der Waals surface area contributed by atoms with Gasteiger partial charge in [0, 0.05) is 36.4 Å². The van der Waals surface area contributed by atoms with Crippen LogP contribution in [0, 0.1) is 5.82 Å². The second-order valence-corrected chi connectivity index (χ2v) is 8.64. The highest BCUT2D eigenvalue weighted by molar-refractivity contribution is 6.31. The highest BCUT2D eigenvalue weighted by Gasteiger charge is 2.25. The fraction of sp³-hybridized carbons (Fsp3) is 0.360. The number of ether oxygens (including phenoxy) is 3. The van der Waals surface area contributed by atoms with Crippen molar-refractivity contribution in [2.75, 3.05) is 26.6 Å². The molecule has 1 aliphatic rings. The van der Waals surface area contributed by atoms with Crippen molar-refractivity contribution in [2.24, 2.45) is 0 Å². The summed E-state index contributed by atoms with van der Waals surface area (Å²) in [4.78, 5) is 10.9. The minimum absolute atomic E-state index is 0.0352. The number of rotatable bonds is 8. The maximum Gasteiger partial charge on any atom is 0.162 e. The zero-order valence-electron chi connectivity index (χ0n) is 19.4. The molecule has 0 unspecified atom stereocenters. The maximum atomic E-state index is 13.5. The number of benzene rings is 2. The summed E-state index contributed by atoms with van der Waals surface area (Å²) in [5.74, 6) is 1.34. The number of halogens is 2. The van der Waals surface area contributed by atoms with Crippen molar-refractivity contribution in [3.8, 4) is 11.5 Å². The molecule has 3 aromatic rings. The Morgan fingerprint density at radius 1 is 1.09 bits per heavy atom. The smallest absolute Gasteiger partial charge is 0.162 e. The van der Waals surface area contributed by atoms with Crippen molar-refractivity contribution >= 4 is 34.0 Å². The molecule has 0 amide bonds. The molecule has 1 heterocycles. The molecule has 0 atom stereocenters. The number of fused-ring (bicyclic) bond motifs is 1. The lowest BCUT2D eigenvalue weighted by Gasteiger charge is -2.34. The van der Waals surface area contributed by atoms with Crippen LogP contribution in [0.4, 0.5) is 15.9 Å². The fourth-order valence-corrected chi connectivity index (χ4v) is 4.33. The molecular formula is C25H28ClFN4O3. The Labute approximate surface area is 203 Å². The lowest BCUT2D eigenvalue weighted by atomic mass is 9.92. The first-order valence-corrected chi connectivity index (χ1v) is 11.5. The monoisotopic (exact) mass is 486 g/mol. The first-order valence-electron chi connectivity index (χ1n) is 11.1. The van der Waals surface area contributed by atoms with Crippen molar-refractivity contribution < 1.29 is 18.6 Å². The molecule has 9 heteroatoms. The van der Waals surface area contributed by atoms with Crippen LogP contribution in [-0.2, 0) is 4.74 Å². The van der Waals surface area contributed by atoms with Gasteiger partial charge in [0.15, 0.2) is 11.5 Å². The molecule has 0 saturated heterocycles. The van der Waals surface area contributed by atoms with Crippen molar-refractivity contribution in [3.05, 3.63) is 60.0 Å². The topological polar surface area (TPSA) is 68.7 Å². The zero-order chi connectivity index (χ0) is 24.1. The highest BCUT2D eigenvalue weighted by atomic mass is 35.5. The third kappa shape index (κ3) is 5.44. The standard InChI is InChI=1S/C25H28ClFN4O3/c1-31(10-11-32-2)17-5-7-18(8-6-17)34-24-13-19-22(14-23(24)33-3)28-15-29-25(19)30-16-4-9-21(27)20(26)12-16/h4,9-15,17-18H,5-8H2,1-3H3,(H,28,29,30). The molecule has 0 spiro atoms. The Morgan fingerprint density at radius 3 is 2.59 bits per heavy atom. The van der Waals surface area contributed by atoms with E-state index in [4.69, 9.17) is 25.8 Å². The molecule has 0 bridgehead atoms. The summed E-state index contributed by atoms with van der Waals surface area (Å²) in [6, 6.07) is 8.61. The van der Waals surface area contributed by atoms with Gasteiger partial charge in [0.1, 0.15) is 18.0 Å². The number of nitrogens with zero attached hydrogens (tertiary/aromatic N) is 3. The molecular weight excluding hydrogens is 459 g/mol. The summed E-state index contributed by atoms with van der Waals surface area (Å²) in [6.45, 7) is 0. The highest BCUT2D eigenvalue weighted by Crippen LogP contribution is 2.37. The Bertz CT molecular complexity index is 1170. The average Bonchev–Trinajstić information content (AvgIpc) is 2.85. The van der Waals surface area contributed by atoms with Gasteiger partial charge >= 0.3 is 0 Å². The van der Waals surface area contributed by atoms with Gasteiger partial charge in [0.2, 0.25) is 0 Å². The van der Waals surface area contributed by atoms with E-state index in [0.717, 1.165) is 31.1 Å². The van der Waals surface area contributed by atoms with E-state index >= 15 is 0 Å². The van der Waals surface area contributed by atoms with Crippen LogP contribution in [0.15, 0.2) is 49.1 Å². The number of hydrogen-bond donors (Lipinski definition) is 1. The summed E-state index contributed by atoms with van der Waals surface area (Å²) in [5, 5.41) is 3.99. The van der Waals surface area contributed by atoms with Crippen LogP contribution in [0.25, 0.3) is 10.9 Å². The molecule has 1 N–H and O–H groups in total. The first-order chi connectivity index (χ1) is 16.5. The van der Waals surface area contributed by atoms with E-state index in [1.165, 1.54) is 18.5 Å². The molecule has 1 saturated carbocycles. The van der Waals surface area contributed by atoms with Gasteiger partial charge in [-0.2, -0.15) is 0 Å². The van der Waals surface area contributed by atoms with Crippen molar-refractivity contribution in [1.29, 1.82) is 0 Å². The van der Waals surface area contributed by atoms with Crippen LogP contribution < -0.4 is 14.8 Å². The van der Waals surface area contributed by atoms with Gasteiger partial charge in [0.05, 0.1) is 37.1 Å². The third-order valence-corrected chi connectivity index (χ3v) is 6.34. The SMILES string of the molecule is COC=CN(C)C1CCC(Oc2cc3c(Nc4ccc(F)c(Cl)c4)ncnc3cc2OC)CC1. The van der Waals surface area contributed by atoms with Crippen molar-refractivity contribution in [1.82, 2.24) is 14.9 Å². The summed E-state index contributed by atoms with van der Waals surface area (Å²) in [7, 11) is 5.33. The van der Waals surface area contributed by atoms with Crippen molar-refractivity contribution in [2.45, 2.75) is 37.8 Å². The largest absolute Gasteiger partial charge is 0.503 e. The zero-order valence-corrected chi connectivity index (χ0v) is 20.2. The van der Waals surface area contributed by atoms with Crippen LogP contribution >= 0.6 is 11.6 Å². The van der Waals surface area contributed by atoms with Crippen LogP contribution in [-0.4, -0.2) is 48.3 Å². The van der Waals surface area contributed by atoms with E-state index < -0.39 is 5.82 Å². The van der Waals surface area contributed by atoms with Gasteiger partial charge in [-0.05, 0) is 49.9 Å². The van der Waals surface area contributed by atoms with E-state index in [-0.39, 0.29) is 11.1 Å². The van der Waals surface area contributed by atoms with Crippen LogP contribution in [0.5, 0.6) is 11.5 Å². The lowest BCUT2D eigenvalue weighted by Crippen LogP contribution is -2.35. The molecule has 34 heavy (non-hydrogen) atoms. The van der Waals surface area contributed by atoms with Gasteiger partial charge in [-0.1, -0.05) is 11.6 Å². The molecule has 2 aromatic carbocycles. The minimum atomic E-state index is -0.476. The Hall–Kier alpha value is -3.26. The quantitative estimate of drug-likeness (QED) is 0.397. The van der Waals surface area contributed by atoms with E-state index in [1.807, 2.05) is 18.3 Å². The van der Waals surface area contributed by atoms with Gasteiger partial charge in [-0.3, -0.25) is 0 Å². The third-order valence-electron chi connectivity index (χ3n) is 6.05. The second-order valence-electron chi connectivity index (χ2n) is 8.23. The van der Waals surface area contributed by atoms with Gasteiger partial charge in [0.25, 0.3) is 0 Å². The number of hydrogen-bond acceptors (Lipinski definition) is 7. The summed E-state index contributed by atoms with van der Waals surface area (Å²) >= 11 is 5.93. The van der Waals surface area contributed by atoms with Crippen LogP contribution in [0.1, 0.15) is 25.7 Å². The fourth-order valence-electron chi connectivity index (χ4n) is 4.15. The van der Waals surface area contributed by atoms with Crippen LogP contribution in [0.2, 0.25) is 5.02 Å². The predicted octanol–water partition coefficient (Wildman–Crippen LogP) is 5.91. The summed E-state index contributed by atoms with van der Waals surface area (Å²) in [6.07, 6.45) is 9.10. The van der Waals surface area contributed by atoms with E-state index in [2.05, 4.69) is 27.2 Å². The van der Waals surface area contributed by atoms with Gasteiger partial charge < -0.3 is 24.4 Å². The van der Waals surface area contributed by atoms with Gasteiger partial charge in [-0.15, -0.1) is 0 Å². The van der Waals surface area contributed by atoms with Gasteiger partial charge in [-0.25, -0.2) is 14.4 Å². The second kappa shape index (κ2) is 10.8. The van der Waals surface area contributed by atoms with E-state index in [0.29, 0.717) is 34.6 Å². The first kappa shape index (κ1) is 23.9. The number of aromatic nitrogens is 2. The maximum absolute atomic E-state index is 13.5. The Kier molecular flexibility index (Phi) is 7.57. The van der Waals surface area contributed by atoms with E-state index in [9.17, 15) is 4.39 Å². The average molecular weight is 487 g/mol.